The molecule has 1 amide bonds. The highest BCUT2D eigenvalue weighted by atomic mass is 16.3. The number of carbonyl (C=O) groups excluding carboxylic acids is 1. The molecule has 3 nitrogen and oxygen atoms in total. The minimum absolute atomic E-state index is 0.0735. The summed E-state index contributed by atoms with van der Waals surface area (Å²) in [6.07, 6.45) is 4.89. The van der Waals surface area contributed by atoms with Gasteiger partial charge in [0.05, 0.1) is 12.0 Å². The van der Waals surface area contributed by atoms with Gasteiger partial charge >= 0.3 is 0 Å². The summed E-state index contributed by atoms with van der Waals surface area (Å²) < 4.78 is 0. The van der Waals surface area contributed by atoms with Crippen LogP contribution in [0.5, 0.6) is 0 Å². The van der Waals surface area contributed by atoms with E-state index in [-0.39, 0.29) is 12.3 Å². The second-order valence-electron chi connectivity index (χ2n) is 6.70. The third-order valence-electron chi connectivity index (χ3n) is 4.47. The molecule has 2 rings (SSSR count). The van der Waals surface area contributed by atoms with E-state index in [4.69, 9.17) is 0 Å². The maximum Gasteiger partial charge on any atom is 0.227 e. The Hall–Kier alpha value is -1.35. The fourth-order valence-electron chi connectivity index (χ4n) is 3.21. The number of para-hydroxylation sites is 1. The van der Waals surface area contributed by atoms with E-state index in [0.717, 1.165) is 42.5 Å². The number of hydrogen-bond donors (Lipinski definition) is 2. The Balaban J connectivity index is 2.09. The van der Waals surface area contributed by atoms with E-state index in [9.17, 15) is 9.90 Å². The fraction of sp³-hybridized carbons (Fsp3) is 0.611. The van der Waals surface area contributed by atoms with Crippen LogP contribution in [0.2, 0.25) is 0 Å². The normalized spacial score (nSPS) is 17.8. The molecule has 0 saturated heterocycles. The van der Waals surface area contributed by atoms with Gasteiger partial charge in [0.2, 0.25) is 5.91 Å². The average Bonchev–Trinajstić information content (AvgIpc) is 2.41. The van der Waals surface area contributed by atoms with Crippen molar-refractivity contribution < 1.29 is 9.90 Å². The Kier molecular flexibility index (Phi) is 5.04. The lowest BCUT2D eigenvalue weighted by molar-refractivity contribution is -0.122. The molecule has 1 aromatic rings. The second kappa shape index (κ2) is 6.61. The van der Waals surface area contributed by atoms with Crippen LogP contribution in [0.25, 0.3) is 0 Å². The minimum atomic E-state index is -0.803. The zero-order valence-corrected chi connectivity index (χ0v) is 13.4. The lowest BCUT2D eigenvalue weighted by Crippen LogP contribution is -2.36. The molecule has 0 bridgehead atoms. The van der Waals surface area contributed by atoms with E-state index in [2.05, 4.69) is 25.2 Å². The van der Waals surface area contributed by atoms with Crippen molar-refractivity contribution in [3.8, 4) is 0 Å². The first-order valence-corrected chi connectivity index (χ1v) is 8.03. The molecular weight excluding hydrogens is 262 g/mol. The van der Waals surface area contributed by atoms with Crippen molar-refractivity contribution in [2.45, 2.75) is 70.8 Å². The minimum Gasteiger partial charge on any atom is -0.389 e. The molecule has 0 aliphatic heterocycles. The van der Waals surface area contributed by atoms with Crippen molar-refractivity contribution in [3.05, 3.63) is 29.3 Å². The first-order valence-electron chi connectivity index (χ1n) is 8.03. The SMILES string of the molecule is Cc1cccc(C(C)C)c1NC(=O)CC1(O)CCCCC1. The van der Waals surface area contributed by atoms with Gasteiger partial charge in [-0.1, -0.05) is 51.3 Å². The van der Waals surface area contributed by atoms with Crippen molar-refractivity contribution in [2.75, 3.05) is 5.32 Å². The first-order chi connectivity index (χ1) is 9.91. The summed E-state index contributed by atoms with van der Waals surface area (Å²) in [5.41, 5.74) is 2.34. The number of aliphatic hydroxyl groups is 1. The van der Waals surface area contributed by atoms with Gasteiger partial charge in [-0.05, 0) is 36.8 Å². The molecule has 0 unspecified atom stereocenters. The highest BCUT2D eigenvalue weighted by molar-refractivity contribution is 5.93. The van der Waals surface area contributed by atoms with Crippen LogP contribution in [-0.4, -0.2) is 16.6 Å². The van der Waals surface area contributed by atoms with Crippen LogP contribution in [0, 0.1) is 6.92 Å². The maximum atomic E-state index is 12.3. The number of hydrogen-bond acceptors (Lipinski definition) is 2. The lowest BCUT2D eigenvalue weighted by Gasteiger charge is -2.31. The molecule has 0 heterocycles. The molecule has 0 atom stereocenters. The van der Waals surface area contributed by atoms with E-state index in [0.29, 0.717) is 5.92 Å². The third-order valence-corrected chi connectivity index (χ3v) is 4.47. The third kappa shape index (κ3) is 4.07. The molecule has 2 N–H and O–H groups in total. The monoisotopic (exact) mass is 289 g/mol. The Bertz CT molecular complexity index is 502. The molecule has 1 fully saturated rings. The van der Waals surface area contributed by atoms with E-state index in [1.165, 1.54) is 6.42 Å². The van der Waals surface area contributed by atoms with E-state index in [1.807, 2.05) is 19.1 Å². The van der Waals surface area contributed by atoms with E-state index >= 15 is 0 Å². The van der Waals surface area contributed by atoms with Crippen LogP contribution in [0.3, 0.4) is 0 Å². The van der Waals surface area contributed by atoms with Gasteiger partial charge in [0.1, 0.15) is 0 Å². The Morgan fingerprint density at radius 2 is 1.95 bits per heavy atom. The molecule has 0 aromatic heterocycles. The summed E-state index contributed by atoms with van der Waals surface area (Å²) in [6.45, 7) is 6.26. The second-order valence-corrected chi connectivity index (χ2v) is 6.70. The number of carbonyl (C=O) groups is 1. The molecule has 1 aliphatic rings. The van der Waals surface area contributed by atoms with Gasteiger partial charge in [-0.25, -0.2) is 0 Å². The van der Waals surface area contributed by atoms with Crippen LogP contribution < -0.4 is 5.32 Å². The van der Waals surface area contributed by atoms with Gasteiger partial charge in [0.25, 0.3) is 0 Å². The topological polar surface area (TPSA) is 49.3 Å². The number of anilines is 1. The molecule has 116 valence electrons. The largest absolute Gasteiger partial charge is 0.389 e. The van der Waals surface area contributed by atoms with Crippen molar-refractivity contribution in [1.82, 2.24) is 0 Å². The molecule has 1 aromatic carbocycles. The molecule has 21 heavy (non-hydrogen) atoms. The van der Waals surface area contributed by atoms with Gasteiger partial charge in [0.15, 0.2) is 0 Å². The smallest absolute Gasteiger partial charge is 0.227 e. The Morgan fingerprint density at radius 3 is 2.57 bits per heavy atom. The average molecular weight is 289 g/mol. The van der Waals surface area contributed by atoms with Gasteiger partial charge < -0.3 is 10.4 Å². The number of rotatable bonds is 4. The Labute approximate surface area is 127 Å². The van der Waals surface area contributed by atoms with Gasteiger partial charge in [-0.2, -0.15) is 0 Å². The zero-order chi connectivity index (χ0) is 15.5. The Morgan fingerprint density at radius 1 is 1.29 bits per heavy atom. The number of aryl methyl sites for hydroxylation is 1. The summed E-state index contributed by atoms with van der Waals surface area (Å²) in [5.74, 6) is 0.286. The molecule has 1 saturated carbocycles. The predicted octanol–water partition coefficient (Wildman–Crippen LogP) is 4.14. The first kappa shape index (κ1) is 16.0. The standard InChI is InChI=1S/C18H27NO2/c1-13(2)15-9-7-8-14(3)17(15)19-16(20)12-18(21)10-5-4-6-11-18/h7-9,13,21H,4-6,10-12H2,1-3H3,(H,19,20). The van der Waals surface area contributed by atoms with Crippen LogP contribution in [0.15, 0.2) is 18.2 Å². The van der Waals surface area contributed by atoms with Crippen LogP contribution in [0.1, 0.15) is 69.4 Å². The fourth-order valence-corrected chi connectivity index (χ4v) is 3.21. The molecule has 0 radical (unpaired) electrons. The van der Waals surface area contributed by atoms with Crippen molar-refractivity contribution >= 4 is 11.6 Å². The predicted molar refractivity (Wildman–Crippen MR) is 86.5 cm³/mol. The zero-order valence-electron chi connectivity index (χ0n) is 13.4. The number of nitrogens with one attached hydrogen (secondary N) is 1. The molecular formula is C18H27NO2. The summed E-state index contributed by atoms with van der Waals surface area (Å²) >= 11 is 0. The number of benzene rings is 1. The molecule has 0 spiro atoms. The summed E-state index contributed by atoms with van der Waals surface area (Å²) in [4.78, 5) is 12.3. The summed E-state index contributed by atoms with van der Waals surface area (Å²) in [6, 6.07) is 6.09. The highest BCUT2D eigenvalue weighted by Crippen LogP contribution is 2.32. The number of amides is 1. The van der Waals surface area contributed by atoms with Gasteiger partial charge in [-0.3, -0.25) is 4.79 Å². The van der Waals surface area contributed by atoms with Crippen LogP contribution in [0.4, 0.5) is 5.69 Å². The van der Waals surface area contributed by atoms with Gasteiger partial charge in [0, 0.05) is 5.69 Å². The maximum absolute atomic E-state index is 12.3. The van der Waals surface area contributed by atoms with E-state index < -0.39 is 5.60 Å². The van der Waals surface area contributed by atoms with Crippen LogP contribution >= 0.6 is 0 Å². The molecule has 3 heteroatoms. The van der Waals surface area contributed by atoms with Gasteiger partial charge in [-0.15, -0.1) is 0 Å². The summed E-state index contributed by atoms with van der Waals surface area (Å²) in [5, 5.41) is 13.5. The highest BCUT2D eigenvalue weighted by Gasteiger charge is 2.31. The van der Waals surface area contributed by atoms with Crippen LogP contribution in [-0.2, 0) is 4.79 Å². The summed E-state index contributed by atoms with van der Waals surface area (Å²) in [7, 11) is 0. The van der Waals surface area contributed by atoms with Crippen molar-refractivity contribution in [1.29, 1.82) is 0 Å². The van der Waals surface area contributed by atoms with E-state index in [1.54, 1.807) is 0 Å². The molecule has 1 aliphatic carbocycles. The van der Waals surface area contributed by atoms with Crippen molar-refractivity contribution in [2.24, 2.45) is 0 Å². The van der Waals surface area contributed by atoms with Crippen molar-refractivity contribution in [3.63, 3.8) is 0 Å². The quantitative estimate of drug-likeness (QED) is 0.875. The lowest BCUT2D eigenvalue weighted by atomic mass is 9.82.